The molecule has 1 unspecified atom stereocenters. The van der Waals surface area contributed by atoms with Gasteiger partial charge in [0.1, 0.15) is 5.82 Å². The molecule has 0 heterocycles. The molecule has 6 heteroatoms. The van der Waals surface area contributed by atoms with Crippen LogP contribution in [0.1, 0.15) is 12.0 Å². The fourth-order valence-corrected chi connectivity index (χ4v) is 2.39. The van der Waals surface area contributed by atoms with Crippen molar-refractivity contribution in [2.24, 2.45) is 0 Å². The fraction of sp³-hybridized carbons (Fsp3) is 0.300. The van der Waals surface area contributed by atoms with Gasteiger partial charge in [0.25, 0.3) is 0 Å². The summed E-state index contributed by atoms with van der Waals surface area (Å²) in [5.74, 6) is -1.23. The van der Waals surface area contributed by atoms with E-state index in [2.05, 4.69) is 0 Å². The van der Waals surface area contributed by atoms with Gasteiger partial charge in [0.2, 0.25) is 0 Å². The van der Waals surface area contributed by atoms with Crippen LogP contribution < -0.4 is 0 Å². The van der Waals surface area contributed by atoms with Gasteiger partial charge in [-0.2, -0.15) is 0 Å². The van der Waals surface area contributed by atoms with E-state index in [-0.39, 0.29) is 22.9 Å². The maximum atomic E-state index is 12.8. The van der Waals surface area contributed by atoms with Crippen LogP contribution >= 0.6 is 11.6 Å². The summed E-state index contributed by atoms with van der Waals surface area (Å²) in [6.07, 6.45) is -0.137. The van der Waals surface area contributed by atoms with Crippen LogP contribution in [0.3, 0.4) is 0 Å². The lowest BCUT2D eigenvalue weighted by molar-refractivity contribution is -0.136. The molecular formula is C10H10ClFO3S. The summed E-state index contributed by atoms with van der Waals surface area (Å²) >= 11 is 5.56. The van der Waals surface area contributed by atoms with Crippen LogP contribution in [-0.4, -0.2) is 21.0 Å². The van der Waals surface area contributed by atoms with Crippen molar-refractivity contribution in [2.75, 3.05) is 5.75 Å². The Morgan fingerprint density at radius 2 is 2.19 bits per heavy atom. The molecule has 3 nitrogen and oxygen atoms in total. The first-order valence-corrected chi connectivity index (χ1v) is 6.36. The van der Waals surface area contributed by atoms with Gasteiger partial charge in [0, 0.05) is 22.3 Å². The topological polar surface area (TPSA) is 54.4 Å². The number of carboxylic acids is 1. The predicted molar refractivity (Wildman–Crippen MR) is 60.4 cm³/mol. The summed E-state index contributed by atoms with van der Waals surface area (Å²) in [5, 5.41) is 8.38. The van der Waals surface area contributed by atoms with E-state index in [1.54, 1.807) is 0 Å². The highest BCUT2D eigenvalue weighted by molar-refractivity contribution is 7.84. The molecule has 0 amide bonds. The molecule has 0 bridgehead atoms. The van der Waals surface area contributed by atoms with Gasteiger partial charge in [-0.3, -0.25) is 9.00 Å². The van der Waals surface area contributed by atoms with Gasteiger partial charge < -0.3 is 5.11 Å². The van der Waals surface area contributed by atoms with Gasteiger partial charge in [0.05, 0.1) is 11.4 Å². The molecule has 0 spiro atoms. The first-order valence-electron chi connectivity index (χ1n) is 4.49. The Labute approximate surface area is 99.7 Å². The van der Waals surface area contributed by atoms with Crippen molar-refractivity contribution in [1.82, 2.24) is 0 Å². The Balaban J connectivity index is 2.56. The molecule has 0 aliphatic heterocycles. The summed E-state index contributed by atoms with van der Waals surface area (Å²) in [5.41, 5.74) is 0.634. The normalized spacial score (nSPS) is 12.4. The molecule has 0 aliphatic carbocycles. The third-order valence-corrected chi connectivity index (χ3v) is 3.46. The largest absolute Gasteiger partial charge is 0.481 e. The van der Waals surface area contributed by atoms with Gasteiger partial charge in [-0.15, -0.1) is 0 Å². The smallest absolute Gasteiger partial charge is 0.304 e. The molecule has 1 N–H and O–H groups in total. The van der Waals surface area contributed by atoms with E-state index in [0.717, 1.165) is 0 Å². The molecule has 1 aromatic rings. The average Bonchev–Trinajstić information content (AvgIpc) is 2.21. The van der Waals surface area contributed by atoms with Crippen molar-refractivity contribution >= 4 is 28.4 Å². The number of aliphatic carboxylic acids is 1. The van der Waals surface area contributed by atoms with Gasteiger partial charge in [0.15, 0.2) is 0 Å². The van der Waals surface area contributed by atoms with Crippen molar-refractivity contribution < 1.29 is 18.5 Å². The Bertz CT molecular complexity index is 423. The van der Waals surface area contributed by atoms with E-state index in [9.17, 15) is 13.4 Å². The maximum absolute atomic E-state index is 12.8. The van der Waals surface area contributed by atoms with Crippen molar-refractivity contribution in [3.05, 3.63) is 34.6 Å². The lowest BCUT2D eigenvalue weighted by Crippen LogP contribution is -2.06. The molecule has 1 rings (SSSR count). The van der Waals surface area contributed by atoms with Crippen molar-refractivity contribution in [3.63, 3.8) is 0 Å². The van der Waals surface area contributed by atoms with E-state index in [1.165, 1.54) is 18.2 Å². The first-order chi connectivity index (χ1) is 7.49. The number of hydrogen-bond acceptors (Lipinski definition) is 2. The Morgan fingerprint density at radius 1 is 1.50 bits per heavy atom. The zero-order valence-corrected chi connectivity index (χ0v) is 9.85. The minimum Gasteiger partial charge on any atom is -0.481 e. The second-order valence-corrected chi connectivity index (χ2v) is 5.16. The van der Waals surface area contributed by atoms with E-state index >= 15 is 0 Å². The third kappa shape index (κ3) is 4.28. The molecule has 1 atom stereocenters. The van der Waals surface area contributed by atoms with E-state index in [1.807, 2.05) is 0 Å². The standard InChI is InChI=1S/C10H10ClFO3S/c11-8-5-7(1-2-9(8)12)6-16(15)4-3-10(13)14/h1-2,5H,3-4,6H2,(H,13,14). The number of carbonyl (C=O) groups is 1. The molecule has 88 valence electrons. The Kier molecular flexibility index (Phi) is 4.89. The van der Waals surface area contributed by atoms with Crippen LogP contribution in [0.5, 0.6) is 0 Å². The van der Waals surface area contributed by atoms with Crippen LogP contribution in [0.25, 0.3) is 0 Å². The zero-order valence-electron chi connectivity index (χ0n) is 8.28. The highest BCUT2D eigenvalue weighted by atomic mass is 35.5. The molecule has 1 aromatic carbocycles. The molecule has 0 saturated carbocycles. The number of carboxylic acid groups (broad SMARTS) is 1. The summed E-state index contributed by atoms with van der Waals surface area (Å²) in [4.78, 5) is 10.2. The molecule has 0 fully saturated rings. The van der Waals surface area contributed by atoms with Crippen molar-refractivity contribution in [2.45, 2.75) is 12.2 Å². The third-order valence-electron chi connectivity index (χ3n) is 1.86. The number of rotatable bonds is 5. The molecule has 0 aliphatic rings. The second kappa shape index (κ2) is 5.96. The lowest BCUT2D eigenvalue weighted by atomic mass is 10.2. The van der Waals surface area contributed by atoms with Crippen LogP contribution in [0, 0.1) is 5.82 Å². The highest BCUT2D eigenvalue weighted by Crippen LogP contribution is 2.17. The van der Waals surface area contributed by atoms with Crippen LogP contribution in [0.2, 0.25) is 5.02 Å². The number of halogens is 2. The monoisotopic (exact) mass is 264 g/mol. The molecule has 16 heavy (non-hydrogen) atoms. The second-order valence-electron chi connectivity index (χ2n) is 3.18. The SMILES string of the molecule is O=C(O)CCS(=O)Cc1ccc(F)c(Cl)c1. The Morgan fingerprint density at radius 3 is 2.75 bits per heavy atom. The summed E-state index contributed by atoms with van der Waals surface area (Å²) in [7, 11) is -1.27. The van der Waals surface area contributed by atoms with Gasteiger partial charge in [-0.25, -0.2) is 4.39 Å². The molecule has 0 aromatic heterocycles. The predicted octanol–water partition coefficient (Wildman–Crippen LogP) is 2.20. The summed E-state index contributed by atoms with van der Waals surface area (Å²) < 4.78 is 24.2. The number of benzene rings is 1. The first kappa shape index (κ1) is 13.1. The lowest BCUT2D eigenvalue weighted by Gasteiger charge is -2.02. The molecule has 0 radical (unpaired) electrons. The van der Waals surface area contributed by atoms with Crippen LogP contribution in [0.15, 0.2) is 18.2 Å². The van der Waals surface area contributed by atoms with E-state index in [4.69, 9.17) is 16.7 Å². The minimum absolute atomic E-state index is 0.0206. The molecular weight excluding hydrogens is 255 g/mol. The van der Waals surface area contributed by atoms with E-state index < -0.39 is 22.6 Å². The van der Waals surface area contributed by atoms with Gasteiger partial charge in [-0.05, 0) is 17.7 Å². The quantitative estimate of drug-likeness (QED) is 0.887. The van der Waals surface area contributed by atoms with Crippen molar-refractivity contribution in [1.29, 1.82) is 0 Å². The average molecular weight is 265 g/mol. The summed E-state index contributed by atoms with van der Waals surface area (Å²) in [6.45, 7) is 0. The Hall–Kier alpha value is -0.940. The minimum atomic E-state index is -1.27. The zero-order chi connectivity index (χ0) is 12.1. The van der Waals surface area contributed by atoms with Crippen molar-refractivity contribution in [3.8, 4) is 0 Å². The number of hydrogen-bond donors (Lipinski definition) is 1. The van der Waals surface area contributed by atoms with Gasteiger partial charge >= 0.3 is 5.97 Å². The molecule has 0 saturated heterocycles. The summed E-state index contributed by atoms with van der Waals surface area (Å²) in [6, 6.07) is 4.08. The van der Waals surface area contributed by atoms with Gasteiger partial charge in [-0.1, -0.05) is 17.7 Å². The van der Waals surface area contributed by atoms with E-state index in [0.29, 0.717) is 5.56 Å². The maximum Gasteiger partial charge on any atom is 0.304 e. The fourth-order valence-electron chi connectivity index (χ4n) is 1.09. The highest BCUT2D eigenvalue weighted by Gasteiger charge is 2.07. The van der Waals surface area contributed by atoms with Crippen LogP contribution in [0.4, 0.5) is 4.39 Å². The van der Waals surface area contributed by atoms with Crippen LogP contribution in [-0.2, 0) is 21.3 Å².